The fraction of sp³-hybridized carbons (Fsp3) is 0. The van der Waals surface area contributed by atoms with E-state index >= 15 is 0 Å². The third kappa shape index (κ3) is 4.78. The van der Waals surface area contributed by atoms with Crippen LogP contribution in [0.5, 0.6) is 0 Å². The zero-order valence-electron chi connectivity index (χ0n) is 29.9. The molecule has 0 aliphatic carbocycles. The van der Waals surface area contributed by atoms with Crippen molar-refractivity contribution in [2.45, 2.75) is 0 Å². The maximum atomic E-state index is 6.54. The first-order chi connectivity index (χ1) is 27.7. The molecule has 0 bridgehead atoms. The van der Waals surface area contributed by atoms with Crippen molar-refractivity contribution < 1.29 is 8.83 Å². The Balaban J connectivity index is 1.10. The van der Waals surface area contributed by atoms with Crippen LogP contribution in [0.4, 0.5) is 0 Å². The van der Waals surface area contributed by atoms with Crippen molar-refractivity contribution in [1.82, 2.24) is 15.0 Å². The van der Waals surface area contributed by atoms with Gasteiger partial charge >= 0.3 is 0 Å². The average molecular weight is 716 g/mol. The summed E-state index contributed by atoms with van der Waals surface area (Å²) in [5, 5.41) is 10.9. The van der Waals surface area contributed by atoms with E-state index in [1.165, 1.54) is 5.39 Å². The van der Waals surface area contributed by atoms with Gasteiger partial charge in [0.2, 0.25) is 0 Å². The van der Waals surface area contributed by atoms with Gasteiger partial charge < -0.3 is 8.83 Å². The number of rotatable bonds is 4. The van der Waals surface area contributed by atoms with Crippen LogP contribution in [-0.2, 0) is 0 Å². The van der Waals surface area contributed by atoms with Crippen LogP contribution in [0, 0.1) is 0 Å². The quantitative estimate of drug-likeness (QED) is 0.170. The SMILES string of the molecule is c1ccc(-c2ccc3c(c2)oc2cccc(-c4nc(-c5ccc6cc7c(cc6c5)oc5ccccc57)nc(-c5cc6ccccc6c6ccccc56)n4)c23)cc1. The second-order valence-electron chi connectivity index (χ2n) is 14.4. The minimum Gasteiger partial charge on any atom is -0.456 e. The number of benzene rings is 9. The summed E-state index contributed by atoms with van der Waals surface area (Å²) < 4.78 is 12.8. The van der Waals surface area contributed by atoms with Crippen LogP contribution < -0.4 is 0 Å². The summed E-state index contributed by atoms with van der Waals surface area (Å²) >= 11 is 0. The third-order valence-corrected chi connectivity index (χ3v) is 11.1. The zero-order valence-corrected chi connectivity index (χ0v) is 29.9. The van der Waals surface area contributed by atoms with Crippen LogP contribution in [0.1, 0.15) is 0 Å². The lowest BCUT2D eigenvalue weighted by Gasteiger charge is -2.13. The van der Waals surface area contributed by atoms with Gasteiger partial charge in [0.1, 0.15) is 22.3 Å². The Labute approximate surface area is 320 Å². The number of aromatic nitrogens is 3. The molecule has 5 nitrogen and oxygen atoms in total. The highest BCUT2D eigenvalue weighted by molar-refractivity contribution is 6.15. The van der Waals surface area contributed by atoms with Gasteiger partial charge in [0.05, 0.1) is 0 Å². The Kier molecular flexibility index (Phi) is 6.56. The summed E-state index contributed by atoms with van der Waals surface area (Å²) in [6.45, 7) is 0. The van der Waals surface area contributed by atoms with E-state index in [0.717, 1.165) is 98.6 Å². The van der Waals surface area contributed by atoms with E-state index in [2.05, 4.69) is 140 Å². The maximum Gasteiger partial charge on any atom is 0.164 e. The highest BCUT2D eigenvalue weighted by atomic mass is 16.3. The molecule has 0 spiro atoms. The molecule has 0 N–H and O–H groups in total. The predicted octanol–water partition coefficient (Wildman–Crippen LogP) is 13.8. The molecular weight excluding hydrogens is 687 g/mol. The highest BCUT2D eigenvalue weighted by Crippen LogP contribution is 2.40. The predicted molar refractivity (Wildman–Crippen MR) is 229 cm³/mol. The molecule has 12 rings (SSSR count). The van der Waals surface area contributed by atoms with Crippen molar-refractivity contribution in [1.29, 1.82) is 0 Å². The van der Waals surface area contributed by atoms with Crippen LogP contribution in [0.3, 0.4) is 0 Å². The Hall–Kier alpha value is -7.63. The molecule has 0 aliphatic rings. The van der Waals surface area contributed by atoms with E-state index in [0.29, 0.717) is 17.5 Å². The topological polar surface area (TPSA) is 65.0 Å². The van der Waals surface area contributed by atoms with E-state index in [-0.39, 0.29) is 0 Å². The molecule has 56 heavy (non-hydrogen) atoms. The monoisotopic (exact) mass is 715 g/mol. The van der Waals surface area contributed by atoms with E-state index in [4.69, 9.17) is 23.8 Å². The third-order valence-electron chi connectivity index (χ3n) is 11.1. The highest BCUT2D eigenvalue weighted by Gasteiger charge is 2.20. The smallest absolute Gasteiger partial charge is 0.164 e. The van der Waals surface area contributed by atoms with Crippen LogP contribution in [0.15, 0.2) is 185 Å². The largest absolute Gasteiger partial charge is 0.456 e. The first-order valence-electron chi connectivity index (χ1n) is 18.8. The molecular formula is C51H29N3O2. The van der Waals surface area contributed by atoms with Crippen LogP contribution in [0.2, 0.25) is 0 Å². The van der Waals surface area contributed by atoms with Crippen LogP contribution in [0.25, 0.3) is 121 Å². The van der Waals surface area contributed by atoms with E-state index in [1.54, 1.807) is 0 Å². The molecule has 3 aromatic heterocycles. The molecule has 0 saturated carbocycles. The number of nitrogens with zero attached hydrogens (tertiary/aromatic N) is 3. The second kappa shape index (κ2) is 11.9. The summed E-state index contributed by atoms with van der Waals surface area (Å²) in [6, 6.07) is 61.0. The van der Waals surface area contributed by atoms with Gasteiger partial charge in [-0.15, -0.1) is 0 Å². The van der Waals surface area contributed by atoms with Crippen molar-refractivity contribution in [3.8, 4) is 45.3 Å². The molecule has 0 unspecified atom stereocenters. The normalized spacial score (nSPS) is 11.9. The lowest BCUT2D eigenvalue weighted by atomic mass is 9.96. The minimum atomic E-state index is 0.579. The molecule has 0 fully saturated rings. The first kappa shape index (κ1) is 30.8. The van der Waals surface area contributed by atoms with Crippen molar-refractivity contribution in [2.75, 3.05) is 0 Å². The standard InChI is InChI=1S/C51H29N3O2/c1-2-11-30(12-3-1)32-23-24-40-46(28-32)56-45-20-10-18-41(48(40)45)50-52-49(34-22-21-31-26-42-39-17-8-9-19-44(39)55-47(42)29-35(31)25-34)53-51(54-50)43-27-33-13-4-5-14-36(33)37-15-6-7-16-38(37)43/h1-29H. The molecule has 0 aliphatic heterocycles. The fourth-order valence-corrected chi connectivity index (χ4v) is 8.41. The molecule has 260 valence electrons. The summed E-state index contributed by atoms with van der Waals surface area (Å²) in [5.41, 5.74) is 8.29. The fourth-order valence-electron chi connectivity index (χ4n) is 8.41. The number of furan rings is 2. The van der Waals surface area contributed by atoms with Crippen molar-refractivity contribution >= 4 is 76.2 Å². The first-order valence-corrected chi connectivity index (χ1v) is 18.8. The maximum absolute atomic E-state index is 6.54. The number of fused-ring (bicyclic) bond motifs is 10. The van der Waals surface area contributed by atoms with E-state index in [9.17, 15) is 0 Å². The summed E-state index contributed by atoms with van der Waals surface area (Å²) in [5.74, 6) is 1.77. The molecule has 0 atom stereocenters. The lowest BCUT2D eigenvalue weighted by molar-refractivity contribution is 0.669. The molecule has 0 saturated heterocycles. The van der Waals surface area contributed by atoms with Crippen molar-refractivity contribution in [3.05, 3.63) is 176 Å². The number of para-hydroxylation sites is 1. The molecule has 0 radical (unpaired) electrons. The molecule has 5 heteroatoms. The van der Waals surface area contributed by atoms with Gasteiger partial charge in [-0.3, -0.25) is 0 Å². The van der Waals surface area contributed by atoms with Crippen LogP contribution in [-0.4, -0.2) is 15.0 Å². The summed E-state index contributed by atoms with van der Waals surface area (Å²) in [4.78, 5) is 15.8. The Morgan fingerprint density at radius 2 is 0.964 bits per heavy atom. The van der Waals surface area contributed by atoms with Crippen molar-refractivity contribution in [2.24, 2.45) is 0 Å². The van der Waals surface area contributed by atoms with Gasteiger partial charge in [0, 0.05) is 38.2 Å². The second-order valence-corrected chi connectivity index (χ2v) is 14.4. The Morgan fingerprint density at radius 3 is 1.86 bits per heavy atom. The Morgan fingerprint density at radius 1 is 0.286 bits per heavy atom. The summed E-state index contributed by atoms with van der Waals surface area (Å²) in [7, 11) is 0. The molecule has 0 amide bonds. The van der Waals surface area contributed by atoms with Crippen molar-refractivity contribution in [3.63, 3.8) is 0 Å². The van der Waals surface area contributed by atoms with E-state index < -0.39 is 0 Å². The Bertz CT molecular complexity index is 3550. The lowest BCUT2D eigenvalue weighted by Crippen LogP contribution is -2.01. The number of hydrogen-bond donors (Lipinski definition) is 0. The molecule has 3 heterocycles. The minimum absolute atomic E-state index is 0.579. The molecule has 12 aromatic rings. The van der Waals surface area contributed by atoms with E-state index in [1.807, 2.05) is 36.4 Å². The molecule has 9 aromatic carbocycles. The average Bonchev–Trinajstić information content (AvgIpc) is 3.82. The van der Waals surface area contributed by atoms with Gasteiger partial charge in [-0.2, -0.15) is 0 Å². The zero-order chi connectivity index (χ0) is 36.7. The van der Waals surface area contributed by atoms with Gasteiger partial charge in [0.15, 0.2) is 17.5 Å². The number of hydrogen-bond acceptors (Lipinski definition) is 5. The van der Waals surface area contributed by atoms with Gasteiger partial charge in [-0.1, -0.05) is 127 Å². The van der Waals surface area contributed by atoms with Gasteiger partial charge in [0.25, 0.3) is 0 Å². The summed E-state index contributed by atoms with van der Waals surface area (Å²) in [6.07, 6.45) is 0. The van der Waals surface area contributed by atoms with Gasteiger partial charge in [-0.05, 0) is 92.0 Å². The van der Waals surface area contributed by atoms with Gasteiger partial charge in [-0.25, -0.2) is 15.0 Å². The van der Waals surface area contributed by atoms with Crippen LogP contribution >= 0.6 is 0 Å².